The maximum atomic E-state index is 12.2. The third-order valence-electron chi connectivity index (χ3n) is 6.50. The number of rotatable bonds is 11. The number of anilines is 3. The van der Waals surface area contributed by atoms with Crippen molar-refractivity contribution in [3.8, 4) is 5.75 Å². The van der Waals surface area contributed by atoms with Gasteiger partial charge in [-0.1, -0.05) is 0 Å². The molecule has 5 rings (SSSR count). The van der Waals surface area contributed by atoms with E-state index in [9.17, 15) is 4.79 Å². The molecule has 4 N–H and O–H groups in total. The lowest BCUT2D eigenvalue weighted by atomic mass is 10.2. The number of hydrazine groups is 1. The van der Waals surface area contributed by atoms with Gasteiger partial charge < -0.3 is 24.8 Å². The Morgan fingerprint density at radius 1 is 1.11 bits per heavy atom. The van der Waals surface area contributed by atoms with Crippen LogP contribution in [0.3, 0.4) is 0 Å². The average Bonchev–Trinajstić information content (AvgIpc) is 3.62. The number of nitrogens with two attached hydrogens (primary N) is 1. The predicted molar refractivity (Wildman–Crippen MR) is 143 cm³/mol. The first-order valence-electron chi connectivity index (χ1n) is 12.7. The first kappa shape index (κ1) is 25.5. The fourth-order valence-corrected chi connectivity index (χ4v) is 4.45. The lowest BCUT2D eigenvalue weighted by Gasteiger charge is -2.36. The predicted octanol–water partition coefficient (Wildman–Crippen LogP) is 1.00. The molecule has 0 radical (unpaired) electrons. The number of nitrogens with zero attached hydrogens (tertiary/aromatic N) is 6. The fraction of sp³-hybridized carbons (Fsp3) is 0.440. The Kier molecular flexibility index (Phi) is 8.04. The molecule has 13 heteroatoms. The molecule has 0 spiro atoms. The molecule has 13 nitrogen and oxygen atoms in total. The number of carbonyl (C=O) groups excluding carboxylic acids is 1. The molecule has 202 valence electrons. The zero-order valence-corrected chi connectivity index (χ0v) is 21.4. The average molecular weight is 524 g/mol. The van der Waals surface area contributed by atoms with E-state index in [4.69, 9.17) is 19.9 Å². The molecule has 4 heterocycles. The van der Waals surface area contributed by atoms with Gasteiger partial charge in [0, 0.05) is 51.9 Å². The first-order valence-corrected chi connectivity index (χ1v) is 12.7. The second kappa shape index (κ2) is 12.0. The van der Waals surface area contributed by atoms with Crippen molar-refractivity contribution in [1.29, 1.82) is 0 Å². The molecule has 2 aliphatic heterocycles. The van der Waals surface area contributed by atoms with E-state index in [0.717, 1.165) is 38.5 Å². The summed E-state index contributed by atoms with van der Waals surface area (Å²) in [5.74, 6) is 1.24. The lowest BCUT2D eigenvalue weighted by Crippen LogP contribution is -2.47. The molecule has 0 aliphatic carbocycles. The van der Waals surface area contributed by atoms with E-state index in [2.05, 4.69) is 47.9 Å². The Bertz CT molecular complexity index is 1270. The van der Waals surface area contributed by atoms with Crippen LogP contribution in [0.2, 0.25) is 0 Å². The van der Waals surface area contributed by atoms with Crippen LogP contribution in [-0.2, 0) is 20.8 Å². The molecule has 3 aromatic rings. The number of methoxy groups -OCH3 is 1. The minimum Gasteiger partial charge on any atom is -0.491 e. The summed E-state index contributed by atoms with van der Waals surface area (Å²) in [4.78, 5) is 25.6. The molecule has 1 saturated heterocycles. The summed E-state index contributed by atoms with van der Waals surface area (Å²) in [6, 6.07) is 8.21. The summed E-state index contributed by atoms with van der Waals surface area (Å²) >= 11 is 0. The van der Waals surface area contributed by atoms with Crippen LogP contribution in [0.25, 0.3) is 11.0 Å². The highest BCUT2D eigenvalue weighted by Crippen LogP contribution is 2.22. The number of aromatic nitrogens is 4. The van der Waals surface area contributed by atoms with Crippen molar-refractivity contribution in [2.45, 2.75) is 13.0 Å². The topological polar surface area (TPSA) is 145 Å². The van der Waals surface area contributed by atoms with Gasteiger partial charge >= 0.3 is 5.91 Å². The number of hydrogen-bond acceptors (Lipinski definition) is 11. The van der Waals surface area contributed by atoms with Crippen molar-refractivity contribution in [1.82, 2.24) is 30.1 Å². The minimum atomic E-state index is -0.370. The standard InChI is InChI=1S/C25H33N9O4/c1-36-15-16-37-19-6-4-18(5-7-19)33-11-8-32(9-12-33)10-13-34-23-20(17-27-34)22(28-25(26)29-23)30-31-24(35)21-3-2-14-38-21/h3-7,17H,2,8-16H2,1H3,(H,31,35)(H3,26,28,29,30). The van der Waals surface area contributed by atoms with Gasteiger partial charge in [0.2, 0.25) is 5.95 Å². The van der Waals surface area contributed by atoms with Crippen LogP contribution >= 0.6 is 0 Å². The molecule has 0 atom stereocenters. The molecular weight excluding hydrogens is 490 g/mol. The smallest absolute Gasteiger partial charge is 0.304 e. The number of benzene rings is 1. The third-order valence-corrected chi connectivity index (χ3v) is 6.50. The van der Waals surface area contributed by atoms with Crippen molar-refractivity contribution in [3.63, 3.8) is 0 Å². The molecular formula is C25H33N9O4. The maximum Gasteiger partial charge on any atom is 0.304 e. The van der Waals surface area contributed by atoms with Gasteiger partial charge in [0.15, 0.2) is 17.2 Å². The van der Waals surface area contributed by atoms with Gasteiger partial charge in [-0.15, -0.1) is 0 Å². The van der Waals surface area contributed by atoms with Gasteiger partial charge in [0.05, 0.1) is 31.3 Å². The summed E-state index contributed by atoms with van der Waals surface area (Å²) < 4.78 is 17.8. The van der Waals surface area contributed by atoms with Crippen molar-refractivity contribution in [2.24, 2.45) is 0 Å². The summed E-state index contributed by atoms with van der Waals surface area (Å²) in [6.07, 6.45) is 4.14. The van der Waals surface area contributed by atoms with Gasteiger partial charge in [-0.05, 0) is 30.3 Å². The second-order valence-electron chi connectivity index (χ2n) is 8.98. The zero-order chi connectivity index (χ0) is 26.3. The quantitative estimate of drug-likeness (QED) is 0.244. The van der Waals surface area contributed by atoms with Crippen molar-refractivity contribution >= 4 is 34.4 Å². The molecule has 1 amide bonds. The van der Waals surface area contributed by atoms with Crippen LogP contribution in [0, 0.1) is 0 Å². The Hall–Kier alpha value is -4.10. The van der Waals surface area contributed by atoms with Crippen LogP contribution in [0.5, 0.6) is 5.75 Å². The summed E-state index contributed by atoms with van der Waals surface area (Å²) in [5.41, 5.74) is 13.2. The Morgan fingerprint density at radius 3 is 2.66 bits per heavy atom. The first-order chi connectivity index (χ1) is 18.6. The largest absolute Gasteiger partial charge is 0.491 e. The van der Waals surface area contributed by atoms with E-state index in [1.54, 1.807) is 19.4 Å². The van der Waals surface area contributed by atoms with Crippen molar-refractivity contribution in [2.75, 3.05) is 75.7 Å². The molecule has 0 saturated carbocycles. The van der Waals surface area contributed by atoms with Gasteiger partial charge in [-0.3, -0.25) is 20.5 Å². The van der Waals surface area contributed by atoms with Crippen molar-refractivity contribution in [3.05, 3.63) is 42.3 Å². The van der Waals surface area contributed by atoms with E-state index < -0.39 is 0 Å². The van der Waals surface area contributed by atoms with E-state index >= 15 is 0 Å². The highest BCUT2D eigenvalue weighted by Gasteiger charge is 2.19. The Morgan fingerprint density at radius 2 is 1.92 bits per heavy atom. The van der Waals surface area contributed by atoms with E-state index in [0.29, 0.717) is 49.6 Å². The summed E-state index contributed by atoms with van der Waals surface area (Å²) in [7, 11) is 1.66. The number of hydrogen-bond donors (Lipinski definition) is 3. The number of nitrogen functional groups attached to an aromatic ring is 1. The van der Waals surface area contributed by atoms with Crippen LogP contribution in [-0.4, -0.2) is 90.2 Å². The van der Waals surface area contributed by atoms with Gasteiger partial charge in [-0.25, -0.2) is 4.68 Å². The lowest BCUT2D eigenvalue weighted by molar-refractivity contribution is -0.120. The van der Waals surface area contributed by atoms with Crippen molar-refractivity contribution < 1.29 is 19.0 Å². The molecule has 1 fully saturated rings. The fourth-order valence-electron chi connectivity index (χ4n) is 4.45. The van der Waals surface area contributed by atoms with Gasteiger partial charge in [0.25, 0.3) is 0 Å². The van der Waals surface area contributed by atoms with Crippen LogP contribution in [0.15, 0.2) is 42.3 Å². The van der Waals surface area contributed by atoms with Crippen LogP contribution in [0.4, 0.5) is 17.5 Å². The Balaban J connectivity index is 1.13. The Labute approximate surface area is 220 Å². The number of carbonyl (C=O) groups is 1. The number of amides is 1. The van der Waals surface area contributed by atoms with Crippen LogP contribution < -0.4 is 26.2 Å². The molecule has 38 heavy (non-hydrogen) atoms. The molecule has 0 unspecified atom stereocenters. The SMILES string of the molecule is COCCOc1ccc(N2CCN(CCn3ncc4c(NNC(=O)C5=CCCO5)nc(N)nc43)CC2)cc1. The normalized spacial score (nSPS) is 15.8. The number of ether oxygens (including phenoxy) is 3. The van der Waals surface area contributed by atoms with Crippen LogP contribution in [0.1, 0.15) is 6.42 Å². The highest BCUT2D eigenvalue weighted by molar-refractivity contribution is 5.94. The monoisotopic (exact) mass is 523 g/mol. The molecule has 1 aromatic carbocycles. The molecule has 2 aliphatic rings. The molecule has 2 aromatic heterocycles. The second-order valence-corrected chi connectivity index (χ2v) is 8.98. The minimum absolute atomic E-state index is 0.0936. The number of nitrogens with one attached hydrogen (secondary N) is 2. The maximum absolute atomic E-state index is 12.2. The third kappa shape index (κ3) is 6.06. The number of fused-ring (bicyclic) bond motifs is 1. The summed E-state index contributed by atoms with van der Waals surface area (Å²) in [5, 5.41) is 5.16. The highest BCUT2D eigenvalue weighted by atomic mass is 16.5. The van der Waals surface area contributed by atoms with Gasteiger partial charge in [0.1, 0.15) is 12.4 Å². The molecule has 0 bridgehead atoms. The van der Waals surface area contributed by atoms with E-state index in [-0.39, 0.29) is 17.6 Å². The van der Waals surface area contributed by atoms with Gasteiger partial charge in [-0.2, -0.15) is 15.1 Å². The number of piperazine rings is 1. The zero-order valence-electron chi connectivity index (χ0n) is 21.4. The van der Waals surface area contributed by atoms with E-state index in [1.807, 2.05) is 16.8 Å². The summed E-state index contributed by atoms with van der Waals surface area (Å²) in [6.45, 7) is 6.86. The van der Waals surface area contributed by atoms with E-state index in [1.165, 1.54) is 5.69 Å².